The standard InChI is InChI=1S/C51H42N4O3/c56-32-12-1-2-13-33-58-51(57)38-22-20-37(21-23-38)50-45-30-28-43(54-45)48(35-16-8-4-9-17-35)41-26-24-39(52-41)47(34-14-6-3-7-15-34)40-25-27-42(53-40)49(36-18-10-5-11-19-36)44-29-31-46(50)55-44/h3-11,14-31,52,55-56H,1-2,12-13,32-33H2. The third-order valence-electron chi connectivity index (χ3n) is 10.6. The minimum Gasteiger partial charge on any atom is -0.462 e. The molecule has 4 aromatic carbocycles. The van der Waals surface area contributed by atoms with E-state index in [-0.39, 0.29) is 12.6 Å². The molecule has 0 saturated heterocycles. The molecule has 2 aliphatic rings. The minimum atomic E-state index is -0.351. The summed E-state index contributed by atoms with van der Waals surface area (Å²) >= 11 is 0. The van der Waals surface area contributed by atoms with Gasteiger partial charge in [0.25, 0.3) is 0 Å². The van der Waals surface area contributed by atoms with E-state index in [0.717, 1.165) is 115 Å². The number of ether oxygens (including phenoxy) is 1. The van der Waals surface area contributed by atoms with Crippen LogP contribution in [-0.2, 0) is 4.74 Å². The molecule has 3 N–H and O–H groups in total. The van der Waals surface area contributed by atoms with Gasteiger partial charge in [-0.3, -0.25) is 0 Å². The van der Waals surface area contributed by atoms with Gasteiger partial charge in [-0.05, 0) is 102 Å². The Morgan fingerprint density at radius 3 is 1.19 bits per heavy atom. The van der Waals surface area contributed by atoms with Gasteiger partial charge in [0.05, 0.1) is 34.9 Å². The van der Waals surface area contributed by atoms with Gasteiger partial charge in [0.2, 0.25) is 0 Å². The molecular formula is C51H42N4O3. The predicted molar refractivity (Wildman–Crippen MR) is 236 cm³/mol. The SMILES string of the molecule is O=C(OCCCCCCO)c1ccc(-c2c3nc(c(-c4ccccc4)c4ccc([nH]4)c(-c4ccccc4)c4nc(c(-c5ccccc5)c5ccc2[nH]5)C=C4)C=C3)cc1. The van der Waals surface area contributed by atoms with Crippen molar-refractivity contribution in [3.63, 3.8) is 0 Å². The highest BCUT2D eigenvalue weighted by Gasteiger charge is 2.19. The summed E-state index contributed by atoms with van der Waals surface area (Å²) in [5, 5.41) is 9.04. The smallest absolute Gasteiger partial charge is 0.338 e. The first-order valence-corrected chi connectivity index (χ1v) is 19.9. The number of benzene rings is 4. The molecule has 7 nitrogen and oxygen atoms in total. The molecule has 0 spiro atoms. The second kappa shape index (κ2) is 16.6. The average molecular weight is 759 g/mol. The van der Waals surface area contributed by atoms with E-state index in [1.807, 2.05) is 42.5 Å². The molecule has 0 fully saturated rings. The molecule has 5 heterocycles. The molecule has 9 rings (SSSR count). The number of unbranched alkanes of at least 4 members (excludes halogenated alkanes) is 3. The van der Waals surface area contributed by atoms with E-state index in [1.54, 1.807) is 0 Å². The van der Waals surface area contributed by atoms with E-state index >= 15 is 0 Å². The Hall–Kier alpha value is -7.09. The van der Waals surface area contributed by atoms with Crippen LogP contribution in [0.15, 0.2) is 140 Å². The maximum absolute atomic E-state index is 13.0. The molecule has 0 saturated carbocycles. The average Bonchev–Trinajstić information content (AvgIpc) is 4.12. The first kappa shape index (κ1) is 36.5. The Morgan fingerprint density at radius 1 is 0.448 bits per heavy atom. The number of aliphatic hydroxyl groups excluding tert-OH is 1. The number of carbonyl (C=O) groups excluding carboxylic acids is 1. The number of fused-ring (bicyclic) bond motifs is 8. The molecule has 7 aromatic rings. The molecule has 2 aliphatic heterocycles. The maximum Gasteiger partial charge on any atom is 0.338 e. The Labute approximate surface area is 337 Å². The molecule has 7 heteroatoms. The van der Waals surface area contributed by atoms with Crippen LogP contribution in [-0.4, -0.2) is 44.2 Å². The second-order valence-electron chi connectivity index (χ2n) is 14.5. The van der Waals surface area contributed by atoms with Gasteiger partial charge in [-0.1, -0.05) is 110 Å². The summed E-state index contributed by atoms with van der Waals surface area (Å²) in [7, 11) is 0. The summed E-state index contributed by atoms with van der Waals surface area (Å²) in [6.07, 6.45) is 11.7. The quantitative estimate of drug-likeness (QED) is 0.0900. The number of aromatic nitrogens is 4. The summed E-state index contributed by atoms with van der Waals surface area (Å²) in [5.74, 6) is -0.351. The minimum absolute atomic E-state index is 0.185. The highest BCUT2D eigenvalue weighted by atomic mass is 16.5. The summed E-state index contributed by atoms with van der Waals surface area (Å²) in [4.78, 5) is 31.3. The third-order valence-corrected chi connectivity index (χ3v) is 10.6. The van der Waals surface area contributed by atoms with Crippen LogP contribution in [0.2, 0.25) is 0 Å². The van der Waals surface area contributed by atoms with Crippen LogP contribution >= 0.6 is 0 Å². The summed E-state index contributed by atoms with van der Waals surface area (Å²) in [6.45, 7) is 0.535. The summed E-state index contributed by atoms with van der Waals surface area (Å²) < 4.78 is 5.59. The Morgan fingerprint density at radius 2 is 0.810 bits per heavy atom. The van der Waals surface area contributed by atoms with E-state index in [1.165, 1.54) is 0 Å². The van der Waals surface area contributed by atoms with Gasteiger partial charge >= 0.3 is 5.97 Å². The zero-order valence-corrected chi connectivity index (χ0v) is 32.0. The van der Waals surface area contributed by atoms with Gasteiger partial charge in [-0.15, -0.1) is 0 Å². The number of esters is 1. The molecule has 3 aromatic heterocycles. The first-order chi connectivity index (χ1) is 28.6. The number of carbonyl (C=O) groups is 1. The number of aromatic amines is 2. The number of aliphatic hydroxyl groups is 1. The fraction of sp³-hybridized carbons (Fsp3) is 0.118. The van der Waals surface area contributed by atoms with Crippen LogP contribution < -0.4 is 0 Å². The lowest BCUT2D eigenvalue weighted by Gasteiger charge is -2.08. The van der Waals surface area contributed by atoms with Crippen molar-refractivity contribution < 1.29 is 14.6 Å². The van der Waals surface area contributed by atoms with Crippen molar-refractivity contribution in [1.82, 2.24) is 19.9 Å². The van der Waals surface area contributed by atoms with E-state index < -0.39 is 0 Å². The molecule has 0 radical (unpaired) electrons. The van der Waals surface area contributed by atoms with E-state index in [0.29, 0.717) is 12.2 Å². The molecule has 284 valence electrons. The van der Waals surface area contributed by atoms with Crippen LogP contribution in [0.1, 0.15) is 58.8 Å². The van der Waals surface area contributed by atoms with Gasteiger partial charge in [-0.25, -0.2) is 14.8 Å². The number of rotatable bonds is 11. The number of hydrogen-bond donors (Lipinski definition) is 3. The Bertz CT molecular complexity index is 2780. The van der Waals surface area contributed by atoms with E-state index in [4.69, 9.17) is 19.8 Å². The summed E-state index contributed by atoms with van der Waals surface area (Å²) in [5.41, 5.74) is 15.4. The van der Waals surface area contributed by atoms with E-state index in [2.05, 4.69) is 131 Å². The van der Waals surface area contributed by atoms with Crippen LogP contribution in [0.3, 0.4) is 0 Å². The monoisotopic (exact) mass is 758 g/mol. The van der Waals surface area contributed by atoms with Crippen LogP contribution in [0.25, 0.3) is 90.9 Å². The normalized spacial score (nSPS) is 11.9. The number of nitrogens with zero attached hydrogens (tertiary/aromatic N) is 2. The predicted octanol–water partition coefficient (Wildman–Crippen LogP) is 12.0. The third kappa shape index (κ3) is 7.43. The zero-order valence-electron chi connectivity index (χ0n) is 32.0. The van der Waals surface area contributed by atoms with Gasteiger partial charge in [0.15, 0.2) is 0 Å². The van der Waals surface area contributed by atoms with Crippen molar-refractivity contribution in [3.8, 4) is 44.5 Å². The van der Waals surface area contributed by atoms with Crippen molar-refractivity contribution >= 4 is 52.3 Å². The molecule has 0 unspecified atom stereocenters. The van der Waals surface area contributed by atoms with Gasteiger partial charge in [0, 0.05) is 50.9 Å². The maximum atomic E-state index is 13.0. The van der Waals surface area contributed by atoms with Crippen LogP contribution in [0.4, 0.5) is 0 Å². The second-order valence-corrected chi connectivity index (χ2v) is 14.5. The van der Waals surface area contributed by atoms with Crippen molar-refractivity contribution in [2.45, 2.75) is 25.7 Å². The van der Waals surface area contributed by atoms with Crippen LogP contribution in [0, 0.1) is 0 Å². The van der Waals surface area contributed by atoms with E-state index in [9.17, 15) is 4.79 Å². The fourth-order valence-corrected chi connectivity index (χ4v) is 7.82. The highest BCUT2D eigenvalue weighted by molar-refractivity contribution is 6.00. The molecule has 0 aliphatic carbocycles. The lowest BCUT2D eigenvalue weighted by Crippen LogP contribution is -2.06. The molecule has 0 atom stereocenters. The molecule has 58 heavy (non-hydrogen) atoms. The van der Waals surface area contributed by atoms with Gasteiger partial charge in [0.1, 0.15) is 0 Å². The molecular weight excluding hydrogens is 717 g/mol. The lowest BCUT2D eigenvalue weighted by molar-refractivity contribution is 0.0497. The van der Waals surface area contributed by atoms with Gasteiger partial charge in [-0.2, -0.15) is 0 Å². The van der Waals surface area contributed by atoms with Crippen molar-refractivity contribution in [3.05, 3.63) is 168 Å². The summed E-state index contributed by atoms with van der Waals surface area (Å²) in [6, 6.07) is 47.2. The van der Waals surface area contributed by atoms with Crippen molar-refractivity contribution in [2.24, 2.45) is 0 Å². The van der Waals surface area contributed by atoms with Crippen molar-refractivity contribution in [1.29, 1.82) is 0 Å². The Kier molecular flexibility index (Phi) is 10.4. The number of hydrogen-bond acceptors (Lipinski definition) is 5. The molecule has 8 bridgehead atoms. The highest BCUT2D eigenvalue weighted by Crippen LogP contribution is 2.38. The van der Waals surface area contributed by atoms with Gasteiger partial charge < -0.3 is 19.8 Å². The fourth-order valence-electron chi connectivity index (χ4n) is 7.82. The largest absolute Gasteiger partial charge is 0.462 e. The first-order valence-electron chi connectivity index (χ1n) is 19.9. The number of H-pyrrole nitrogens is 2. The molecule has 0 amide bonds. The van der Waals surface area contributed by atoms with Crippen LogP contribution in [0.5, 0.6) is 0 Å². The van der Waals surface area contributed by atoms with Crippen molar-refractivity contribution in [2.75, 3.05) is 13.2 Å². The number of nitrogens with one attached hydrogen (secondary N) is 2. The zero-order chi connectivity index (χ0) is 39.3. The topological polar surface area (TPSA) is 104 Å². The lowest BCUT2D eigenvalue weighted by atomic mass is 10.0. The Balaban J connectivity index is 1.29.